The van der Waals surface area contributed by atoms with Crippen LogP contribution in [0.5, 0.6) is 0 Å². The number of hydrogen-bond donors (Lipinski definition) is 3. The summed E-state index contributed by atoms with van der Waals surface area (Å²) in [5.74, 6) is 9.24. The second kappa shape index (κ2) is 12.0. The first-order chi connectivity index (χ1) is 11.4. The molecule has 1 aromatic rings. The number of hydrogen-bond acceptors (Lipinski definition) is 6. The maximum Gasteiger partial charge on any atom is 0.421 e. The number of aliphatic hydroxyl groups excluding tert-OH is 2. The smallest absolute Gasteiger partial charge is 0.421 e. The van der Waals surface area contributed by atoms with E-state index in [4.69, 9.17) is 10.2 Å². The molecule has 24 heavy (non-hydrogen) atoms. The first kappa shape index (κ1) is 21.5. The van der Waals surface area contributed by atoms with Gasteiger partial charge in [-0.1, -0.05) is 29.5 Å². The fourth-order valence-electron chi connectivity index (χ4n) is 1.21. The summed E-state index contributed by atoms with van der Waals surface area (Å²) in [6, 6.07) is 6.16. The third-order valence-electron chi connectivity index (χ3n) is 2.22. The van der Waals surface area contributed by atoms with Crippen molar-refractivity contribution >= 4 is 16.1 Å². The average molecular weight is 353 g/mol. The Balaban J connectivity index is 0.000000561. The number of benzene rings is 1. The van der Waals surface area contributed by atoms with E-state index >= 15 is 0 Å². The van der Waals surface area contributed by atoms with Gasteiger partial charge in [0.25, 0.3) is 10.0 Å². The first-order valence-electron chi connectivity index (χ1n) is 6.81. The van der Waals surface area contributed by atoms with Crippen LogP contribution in [0.15, 0.2) is 29.2 Å². The lowest BCUT2D eigenvalue weighted by molar-refractivity contribution is 0.158. The van der Waals surface area contributed by atoms with Crippen molar-refractivity contribution in [2.75, 3.05) is 19.8 Å². The second-order valence-corrected chi connectivity index (χ2v) is 5.74. The second-order valence-electron chi connectivity index (χ2n) is 4.06. The van der Waals surface area contributed by atoms with Crippen molar-refractivity contribution in [3.8, 4) is 23.7 Å². The van der Waals surface area contributed by atoms with E-state index in [0.717, 1.165) is 5.56 Å². The monoisotopic (exact) mass is 353 g/mol. The van der Waals surface area contributed by atoms with Crippen LogP contribution in [0.25, 0.3) is 0 Å². The maximum absolute atomic E-state index is 11.6. The summed E-state index contributed by atoms with van der Waals surface area (Å²) in [5, 5.41) is 16.1. The van der Waals surface area contributed by atoms with E-state index in [1.807, 2.05) is 6.92 Å². The molecule has 0 radical (unpaired) electrons. The molecule has 1 aromatic carbocycles. The lowest BCUT2D eigenvalue weighted by Crippen LogP contribution is -2.31. The summed E-state index contributed by atoms with van der Waals surface area (Å²) in [6.07, 6.45) is -0.969. The molecular weight excluding hydrogens is 334 g/mol. The minimum atomic E-state index is -3.82. The Labute approximate surface area is 141 Å². The Kier molecular flexibility index (Phi) is 10.7. The van der Waals surface area contributed by atoms with Crippen LogP contribution in [-0.4, -0.2) is 44.5 Å². The summed E-state index contributed by atoms with van der Waals surface area (Å²) in [6.45, 7) is 3.20. The van der Waals surface area contributed by atoms with Crippen LogP contribution in [0.1, 0.15) is 12.5 Å². The number of aliphatic hydroxyl groups is 2. The Hall–Kier alpha value is -2.52. The summed E-state index contributed by atoms with van der Waals surface area (Å²) in [4.78, 5) is 11.0. The lowest BCUT2D eigenvalue weighted by Gasteiger charge is -2.06. The van der Waals surface area contributed by atoms with Crippen molar-refractivity contribution in [3.63, 3.8) is 0 Å². The van der Waals surface area contributed by atoms with Gasteiger partial charge in [0.05, 0.1) is 11.5 Å². The van der Waals surface area contributed by atoms with Gasteiger partial charge in [-0.05, 0) is 37.8 Å². The van der Waals surface area contributed by atoms with Gasteiger partial charge in [0.2, 0.25) is 0 Å². The maximum atomic E-state index is 11.6. The van der Waals surface area contributed by atoms with Crippen LogP contribution in [0, 0.1) is 30.6 Å². The quantitative estimate of drug-likeness (QED) is 0.678. The molecule has 0 saturated heterocycles. The molecule has 8 heteroatoms. The third-order valence-corrected chi connectivity index (χ3v) is 3.55. The predicted octanol–water partition coefficient (Wildman–Crippen LogP) is 0.408. The van der Waals surface area contributed by atoms with E-state index in [0.29, 0.717) is 0 Å². The molecule has 0 aromatic heterocycles. The Morgan fingerprint density at radius 1 is 1.12 bits per heavy atom. The molecule has 7 nitrogen and oxygen atoms in total. The number of carbonyl (C=O) groups excluding carboxylic acids is 1. The molecule has 1 rings (SSSR count). The van der Waals surface area contributed by atoms with Crippen molar-refractivity contribution in [3.05, 3.63) is 29.8 Å². The predicted molar refractivity (Wildman–Crippen MR) is 88.2 cm³/mol. The molecule has 0 aliphatic rings. The van der Waals surface area contributed by atoms with Crippen LogP contribution in [-0.2, 0) is 14.8 Å². The van der Waals surface area contributed by atoms with Crippen molar-refractivity contribution in [1.29, 1.82) is 0 Å². The number of ether oxygens (including phenoxy) is 1. The zero-order valence-electron chi connectivity index (χ0n) is 13.4. The average Bonchev–Trinajstić information content (AvgIpc) is 2.52. The van der Waals surface area contributed by atoms with Gasteiger partial charge >= 0.3 is 6.09 Å². The van der Waals surface area contributed by atoms with E-state index in [9.17, 15) is 13.2 Å². The molecule has 0 bridgehead atoms. The van der Waals surface area contributed by atoms with Crippen LogP contribution in [0.4, 0.5) is 4.79 Å². The highest BCUT2D eigenvalue weighted by atomic mass is 32.2. The van der Waals surface area contributed by atoms with E-state index in [1.54, 1.807) is 23.8 Å². The van der Waals surface area contributed by atoms with Crippen molar-refractivity contribution in [2.24, 2.45) is 0 Å². The highest BCUT2D eigenvalue weighted by Gasteiger charge is 2.17. The highest BCUT2D eigenvalue weighted by Crippen LogP contribution is 2.09. The number of aryl methyl sites for hydroxylation is 1. The summed E-state index contributed by atoms with van der Waals surface area (Å²) < 4.78 is 29.5. The third kappa shape index (κ3) is 9.49. The van der Waals surface area contributed by atoms with Gasteiger partial charge in [0.1, 0.15) is 13.2 Å². The van der Waals surface area contributed by atoms with Gasteiger partial charge < -0.3 is 14.9 Å². The zero-order valence-corrected chi connectivity index (χ0v) is 14.2. The SMILES string of the molecule is CCOC(=O)NS(=O)(=O)c1ccc(C)cc1.OCC#CC#CCO. The van der Waals surface area contributed by atoms with Crippen LogP contribution >= 0.6 is 0 Å². The molecule has 130 valence electrons. The largest absolute Gasteiger partial charge is 0.449 e. The first-order valence-corrected chi connectivity index (χ1v) is 8.29. The van der Waals surface area contributed by atoms with Gasteiger partial charge in [-0.15, -0.1) is 0 Å². The van der Waals surface area contributed by atoms with E-state index in [2.05, 4.69) is 28.4 Å². The summed E-state index contributed by atoms with van der Waals surface area (Å²) in [5.41, 5.74) is 0.940. The van der Waals surface area contributed by atoms with Crippen LogP contribution in [0.2, 0.25) is 0 Å². The number of sulfonamides is 1. The summed E-state index contributed by atoms with van der Waals surface area (Å²) >= 11 is 0. The Morgan fingerprint density at radius 2 is 1.62 bits per heavy atom. The highest BCUT2D eigenvalue weighted by molar-refractivity contribution is 7.90. The molecule has 0 aliphatic carbocycles. The van der Waals surface area contributed by atoms with E-state index in [-0.39, 0.29) is 24.7 Å². The molecule has 1 amide bonds. The van der Waals surface area contributed by atoms with Gasteiger partial charge in [-0.3, -0.25) is 0 Å². The van der Waals surface area contributed by atoms with Gasteiger partial charge in [0.15, 0.2) is 0 Å². The zero-order chi connectivity index (χ0) is 18.4. The van der Waals surface area contributed by atoms with Crippen molar-refractivity contribution in [1.82, 2.24) is 4.72 Å². The van der Waals surface area contributed by atoms with Crippen LogP contribution in [0.3, 0.4) is 0 Å². The van der Waals surface area contributed by atoms with Crippen molar-refractivity contribution in [2.45, 2.75) is 18.7 Å². The Bertz CT molecular complexity index is 713. The topological polar surface area (TPSA) is 113 Å². The normalized spacial score (nSPS) is 9.17. The Morgan fingerprint density at radius 3 is 2.04 bits per heavy atom. The standard InChI is InChI=1S/C10H13NO4S.C6H6O2/c1-3-15-10(12)11-16(13,14)9-6-4-8(2)5-7-9;7-5-3-1-2-4-6-8/h4-7H,3H2,1-2H3,(H,11,12);7-8H,5-6H2. The van der Waals surface area contributed by atoms with Crippen LogP contribution < -0.4 is 4.72 Å². The van der Waals surface area contributed by atoms with Gasteiger partial charge in [-0.2, -0.15) is 0 Å². The molecule has 0 spiro atoms. The van der Waals surface area contributed by atoms with Crippen molar-refractivity contribution < 1.29 is 28.2 Å². The molecule has 0 atom stereocenters. The van der Waals surface area contributed by atoms with E-state index in [1.165, 1.54) is 12.1 Å². The number of rotatable bonds is 3. The minimum Gasteiger partial charge on any atom is -0.449 e. The molecule has 0 fully saturated rings. The minimum absolute atomic E-state index is 0.0335. The number of nitrogens with one attached hydrogen (secondary N) is 1. The number of amides is 1. The summed E-state index contributed by atoms with van der Waals surface area (Å²) in [7, 11) is -3.82. The van der Waals surface area contributed by atoms with Gasteiger partial charge in [0, 0.05) is 0 Å². The fourth-order valence-corrected chi connectivity index (χ4v) is 2.10. The van der Waals surface area contributed by atoms with E-state index < -0.39 is 16.1 Å². The molecule has 3 N–H and O–H groups in total. The molecule has 0 aliphatic heterocycles. The lowest BCUT2D eigenvalue weighted by atomic mass is 10.2. The number of carbonyl (C=O) groups is 1. The molecular formula is C16H19NO6S. The van der Waals surface area contributed by atoms with Gasteiger partial charge in [-0.25, -0.2) is 17.9 Å². The molecule has 0 saturated carbocycles. The molecule has 0 unspecified atom stereocenters. The molecule has 0 heterocycles. The fraction of sp³-hybridized carbons (Fsp3) is 0.312.